The SMILES string of the molecule is CC(C)(O)C(=O)Nc1ccc(C#N)cc1. The molecule has 78 valence electrons. The predicted octanol–water partition coefficient (Wildman–Crippen LogP) is 1.27. The van der Waals surface area contributed by atoms with Gasteiger partial charge in [-0.25, -0.2) is 0 Å². The lowest BCUT2D eigenvalue weighted by atomic mass is 10.1. The van der Waals surface area contributed by atoms with E-state index in [1.165, 1.54) is 13.8 Å². The van der Waals surface area contributed by atoms with Crippen LogP contribution in [-0.2, 0) is 4.79 Å². The maximum atomic E-state index is 11.4. The van der Waals surface area contributed by atoms with Gasteiger partial charge in [0.2, 0.25) is 0 Å². The van der Waals surface area contributed by atoms with E-state index >= 15 is 0 Å². The molecule has 15 heavy (non-hydrogen) atoms. The average Bonchev–Trinajstić information content (AvgIpc) is 2.17. The first-order valence-corrected chi connectivity index (χ1v) is 4.47. The molecular formula is C11H12N2O2. The number of carbonyl (C=O) groups excluding carboxylic acids is 1. The minimum Gasteiger partial charge on any atom is -0.381 e. The number of hydrogen-bond donors (Lipinski definition) is 2. The Hall–Kier alpha value is -1.86. The molecular weight excluding hydrogens is 192 g/mol. The van der Waals surface area contributed by atoms with Gasteiger partial charge in [0, 0.05) is 5.69 Å². The summed E-state index contributed by atoms with van der Waals surface area (Å²) in [6, 6.07) is 8.40. The number of nitriles is 1. The van der Waals surface area contributed by atoms with Crippen LogP contribution in [0, 0.1) is 11.3 Å². The Morgan fingerprint density at radius 3 is 2.33 bits per heavy atom. The molecule has 1 amide bonds. The standard InChI is InChI=1S/C11H12N2O2/c1-11(2,15)10(14)13-9-5-3-8(7-12)4-6-9/h3-6,15H,1-2H3,(H,13,14). The highest BCUT2D eigenvalue weighted by atomic mass is 16.3. The molecule has 1 aromatic carbocycles. The molecule has 0 bridgehead atoms. The van der Waals surface area contributed by atoms with Crippen LogP contribution in [0.25, 0.3) is 0 Å². The van der Waals surface area contributed by atoms with Crippen LogP contribution in [0.15, 0.2) is 24.3 Å². The molecule has 4 nitrogen and oxygen atoms in total. The van der Waals surface area contributed by atoms with Crippen molar-refractivity contribution in [2.75, 3.05) is 5.32 Å². The topological polar surface area (TPSA) is 73.1 Å². The summed E-state index contributed by atoms with van der Waals surface area (Å²) in [7, 11) is 0. The third kappa shape index (κ3) is 3.08. The van der Waals surface area contributed by atoms with E-state index in [4.69, 9.17) is 5.26 Å². The van der Waals surface area contributed by atoms with Crippen LogP contribution in [0.1, 0.15) is 19.4 Å². The number of amides is 1. The van der Waals surface area contributed by atoms with Gasteiger partial charge in [0.1, 0.15) is 5.60 Å². The van der Waals surface area contributed by atoms with Gasteiger partial charge in [-0.2, -0.15) is 5.26 Å². The maximum absolute atomic E-state index is 11.4. The van der Waals surface area contributed by atoms with Crippen molar-refractivity contribution in [3.05, 3.63) is 29.8 Å². The van der Waals surface area contributed by atoms with Crippen molar-refractivity contribution in [3.8, 4) is 6.07 Å². The number of aliphatic hydroxyl groups is 1. The monoisotopic (exact) mass is 204 g/mol. The van der Waals surface area contributed by atoms with Gasteiger partial charge in [0.05, 0.1) is 11.6 Å². The van der Waals surface area contributed by atoms with E-state index < -0.39 is 11.5 Å². The van der Waals surface area contributed by atoms with E-state index in [0.717, 1.165) is 0 Å². The molecule has 0 heterocycles. The molecule has 0 aliphatic carbocycles. The van der Waals surface area contributed by atoms with Crippen molar-refractivity contribution in [3.63, 3.8) is 0 Å². The van der Waals surface area contributed by atoms with E-state index in [9.17, 15) is 9.90 Å². The highest BCUT2D eigenvalue weighted by Crippen LogP contribution is 2.11. The molecule has 0 aromatic heterocycles. The van der Waals surface area contributed by atoms with E-state index in [-0.39, 0.29) is 0 Å². The first-order valence-electron chi connectivity index (χ1n) is 4.47. The second-order valence-corrected chi connectivity index (χ2v) is 3.70. The van der Waals surface area contributed by atoms with E-state index in [2.05, 4.69) is 5.32 Å². The smallest absolute Gasteiger partial charge is 0.255 e. The Morgan fingerprint density at radius 2 is 1.93 bits per heavy atom. The lowest BCUT2D eigenvalue weighted by molar-refractivity contribution is -0.130. The van der Waals surface area contributed by atoms with Gasteiger partial charge < -0.3 is 10.4 Å². The highest BCUT2D eigenvalue weighted by Gasteiger charge is 2.23. The molecule has 0 radical (unpaired) electrons. The lowest BCUT2D eigenvalue weighted by Gasteiger charge is -2.16. The van der Waals surface area contributed by atoms with Crippen molar-refractivity contribution in [1.82, 2.24) is 0 Å². The van der Waals surface area contributed by atoms with Crippen molar-refractivity contribution < 1.29 is 9.90 Å². The van der Waals surface area contributed by atoms with Crippen LogP contribution < -0.4 is 5.32 Å². The third-order valence-corrected chi connectivity index (χ3v) is 1.83. The first kappa shape index (κ1) is 11.2. The number of hydrogen-bond acceptors (Lipinski definition) is 3. The van der Waals surface area contributed by atoms with Crippen molar-refractivity contribution in [1.29, 1.82) is 5.26 Å². The predicted molar refractivity (Wildman–Crippen MR) is 56.1 cm³/mol. The lowest BCUT2D eigenvalue weighted by Crippen LogP contribution is -2.36. The van der Waals surface area contributed by atoms with E-state index in [1.54, 1.807) is 24.3 Å². The Morgan fingerprint density at radius 1 is 1.40 bits per heavy atom. The highest BCUT2D eigenvalue weighted by molar-refractivity contribution is 5.96. The molecule has 1 aromatic rings. The number of anilines is 1. The Bertz CT molecular complexity index is 396. The summed E-state index contributed by atoms with van der Waals surface area (Å²) in [5, 5.41) is 20.5. The number of rotatable bonds is 2. The van der Waals surface area contributed by atoms with E-state index in [1.807, 2.05) is 6.07 Å². The normalized spacial score (nSPS) is 10.5. The van der Waals surface area contributed by atoms with Gasteiger partial charge in [-0.15, -0.1) is 0 Å². The molecule has 0 spiro atoms. The summed E-state index contributed by atoms with van der Waals surface area (Å²) in [6.45, 7) is 2.82. The fourth-order valence-corrected chi connectivity index (χ4v) is 0.912. The summed E-state index contributed by atoms with van der Waals surface area (Å²) in [5.74, 6) is -0.479. The van der Waals surface area contributed by atoms with Crippen LogP contribution in [0.2, 0.25) is 0 Å². The Balaban J connectivity index is 2.75. The largest absolute Gasteiger partial charge is 0.381 e. The zero-order valence-corrected chi connectivity index (χ0v) is 8.61. The van der Waals surface area contributed by atoms with Gasteiger partial charge in [-0.3, -0.25) is 4.79 Å². The minimum absolute atomic E-state index is 0.479. The first-order chi connectivity index (χ1) is 6.93. The Kier molecular flexibility index (Phi) is 3.08. The molecule has 0 saturated carbocycles. The minimum atomic E-state index is -1.41. The third-order valence-electron chi connectivity index (χ3n) is 1.83. The van der Waals surface area contributed by atoms with E-state index in [0.29, 0.717) is 11.3 Å². The zero-order valence-electron chi connectivity index (χ0n) is 8.61. The second kappa shape index (κ2) is 4.11. The van der Waals surface area contributed by atoms with Gasteiger partial charge >= 0.3 is 0 Å². The summed E-state index contributed by atoms with van der Waals surface area (Å²) in [6.07, 6.45) is 0. The van der Waals surface area contributed by atoms with Crippen molar-refractivity contribution >= 4 is 11.6 Å². The number of nitrogens with one attached hydrogen (secondary N) is 1. The van der Waals surface area contributed by atoms with Crippen LogP contribution in [-0.4, -0.2) is 16.6 Å². The Labute approximate surface area is 88.2 Å². The van der Waals surface area contributed by atoms with Gasteiger partial charge in [-0.1, -0.05) is 0 Å². The van der Waals surface area contributed by atoms with Gasteiger partial charge in [0.15, 0.2) is 0 Å². The van der Waals surface area contributed by atoms with Crippen LogP contribution >= 0.6 is 0 Å². The number of benzene rings is 1. The fraction of sp³-hybridized carbons (Fsp3) is 0.273. The average molecular weight is 204 g/mol. The molecule has 2 N–H and O–H groups in total. The molecule has 0 aliphatic heterocycles. The van der Waals surface area contributed by atoms with Crippen LogP contribution in [0.5, 0.6) is 0 Å². The van der Waals surface area contributed by atoms with Gasteiger partial charge in [0.25, 0.3) is 5.91 Å². The summed E-state index contributed by atoms with van der Waals surface area (Å²) in [5.41, 5.74) is -0.328. The fourth-order valence-electron chi connectivity index (χ4n) is 0.912. The van der Waals surface area contributed by atoms with Crippen molar-refractivity contribution in [2.24, 2.45) is 0 Å². The molecule has 0 fully saturated rings. The summed E-state index contributed by atoms with van der Waals surface area (Å²) < 4.78 is 0. The maximum Gasteiger partial charge on any atom is 0.255 e. The van der Waals surface area contributed by atoms with Crippen LogP contribution in [0.4, 0.5) is 5.69 Å². The molecule has 0 saturated heterocycles. The zero-order chi connectivity index (χ0) is 11.5. The van der Waals surface area contributed by atoms with Crippen LogP contribution in [0.3, 0.4) is 0 Å². The quantitative estimate of drug-likeness (QED) is 0.761. The number of nitrogens with zero attached hydrogens (tertiary/aromatic N) is 1. The summed E-state index contributed by atoms with van der Waals surface area (Å²) >= 11 is 0. The molecule has 0 unspecified atom stereocenters. The van der Waals surface area contributed by atoms with Gasteiger partial charge in [-0.05, 0) is 38.1 Å². The van der Waals surface area contributed by atoms with Crippen molar-refractivity contribution in [2.45, 2.75) is 19.4 Å². The summed E-state index contributed by atoms with van der Waals surface area (Å²) in [4.78, 5) is 11.4. The second-order valence-electron chi connectivity index (χ2n) is 3.70. The molecule has 0 aliphatic rings. The molecule has 4 heteroatoms. The number of carbonyl (C=O) groups is 1. The molecule has 0 atom stereocenters. The molecule has 1 rings (SSSR count).